The molecule has 33 heavy (non-hydrogen) atoms. The monoisotopic (exact) mass is 478 g/mol. The van der Waals surface area contributed by atoms with Crippen molar-refractivity contribution in [1.82, 2.24) is 4.31 Å². The predicted octanol–water partition coefficient (Wildman–Crippen LogP) is 6.88. The summed E-state index contributed by atoms with van der Waals surface area (Å²) in [5.41, 5.74) is 3.48. The Labute approximate surface area is 204 Å². The average molecular weight is 479 g/mol. The van der Waals surface area contributed by atoms with E-state index < -0.39 is 11.5 Å². The largest absolute Gasteiger partial charge is 0.480 e. The second-order valence-electron chi connectivity index (χ2n) is 9.15. The van der Waals surface area contributed by atoms with E-state index in [1.54, 1.807) is 24.1 Å². The van der Waals surface area contributed by atoms with Gasteiger partial charge in [-0.15, -0.1) is 0 Å². The lowest BCUT2D eigenvalue weighted by Crippen LogP contribution is -2.54. The molecule has 1 aliphatic heterocycles. The number of fused-ring (bicyclic) bond motifs is 2. The lowest BCUT2D eigenvalue weighted by Gasteiger charge is -2.47. The first kappa shape index (κ1) is 22.3. The number of benzene rings is 3. The highest BCUT2D eigenvalue weighted by molar-refractivity contribution is 7.97. The van der Waals surface area contributed by atoms with E-state index in [9.17, 15) is 9.90 Å². The van der Waals surface area contributed by atoms with Gasteiger partial charge in [0.05, 0.1) is 5.54 Å². The molecule has 2 aliphatic rings. The molecule has 0 unspecified atom stereocenters. The van der Waals surface area contributed by atoms with Crippen LogP contribution in [0.2, 0.25) is 5.02 Å². The van der Waals surface area contributed by atoms with Crippen LogP contribution in [0.1, 0.15) is 42.4 Å². The number of halogens is 1. The van der Waals surface area contributed by atoms with E-state index >= 15 is 0 Å². The maximum Gasteiger partial charge on any atom is 0.329 e. The van der Waals surface area contributed by atoms with Crippen molar-refractivity contribution < 1.29 is 9.90 Å². The summed E-state index contributed by atoms with van der Waals surface area (Å²) in [5.74, 6) is -0.804. The summed E-state index contributed by atoms with van der Waals surface area (Å²) in [6.07, 6.45) is 2.60. The van der Waals surface area contributed by atoms with Gasteiger partial charge in [0.2, 0.25) is 0 Å². The predicted molar refractivity (Wildman–Crippen MR) is 135 cm³/mol. The first-order valence-electron chi connectivity index (χ1n) is 11.3. The van der Waals surface area contributed by atoms with Gasteiger partial charge in [0.25, 0.3) is 0 Å². The average Bonchev–Trinajstić information content (AvgIpc) is 3.10. The van der Waals surface area contributed by atoms with Crippen molar-refractivity contribution in [1.29, 1.82) is 0 Å². The van der Waals surface area contributed by atoms with Crippen molar-refractivity contribution in [2.45, 2.75) is 55.1 Å². The minimum Gasteiger partial charge on any atom is -0.480 e. The van der Waals surface area contributed by atoms with Crippen LogP contribution in [0.25, 0.3) is 0 Å². The maximum absolute atomic E-state index is 12.5. The van der Waals surface area contributed by atoms with Crippen molar-refractivity contribution in [3.63, 3.8) is 0 Å². The standard InChI is InChI=1S/C27H27ClN2O2S/c1-19-9-11-23(12-10-19)33-30-18-20-5-2-3-8-24(20)27(30)15-13-26(14-16-27,25(31)32)29-22-7-4-6-21(28)17-22/h2-12,17,29H,13-16,18H2,1H3,(H,31,32). The number of nitrogens with zero attached hydrogens (tertiary/aromatic N) is 1. The van der Waals surface area contributed by atoms with Gasteiger partial charge >= 0.3 is 5.97 Å². The molecule has 3 aromatic carbocycles. The van der Waals surface area contributed by atoms with Crippen LogP contribution in [0.15, 0.2) is 77.7 Å². The number of hydrogen-bond acceptors (Lipinski definition) is 4. The molecular weight excluding hydrogens is 452 g/mol. The molecule has 1 heterocycles. The van der Waals surface area contributed by atoms with Crippen molar-refractivity contribution in [2.75, 3.05) is 5.32 Å². The minimum absolute atomic E-state index is 0.179. The lowest BCUT2D eigenvalue weighted by molar-refractivity contribution is -0.144. The summed E-state index contributed by atoms with van der Waals surface area (Å²) in [6, 6.07) is 24.6. The Bertz CT molecular complexity index is 1170. The Kier molecular flexibility index (Phi) is 5.89. The van der Waals surface area contributed by atoms with Crippen molar-refractivity contribution in [3.05, 3.63) is 94.5 Å². The number of aliphatic carboxylic acids is 1. The van der Waals surface area contributed by atoms with Crippen LogP contribution in [0.3, 0.4) is 0 Å². The molecule has 0 amide bonds. The van der Waals surface area contributed by atoms with E-state index in [-0.39, 0.29) is 5.54 Å². The van der Waals surface area contributed by atoms with Gasteiger partial charge in [-0.05, 0) is 86.0 Å². The van der Waals surface area contributed by atoms with E-state index in [0.29, 0.717) is 17.9 Å². The number of nitrogens with one attached hydrogen (secondary N) is 1. The molecule has 1 fully saturated rings. The number of rotatable bonds is 5. The summed E-state index contributed by atoms with van der Waals surface area (Å²) in [7, 11) is 0. The molecule has 4 nitrogen and oxygen atoms in total. The third-order valence-electron chi connectivity index (χ3n) is 7.09. The molecule has 1 aliphatic carbocycles. The quantitative estimate of drug-likeness (QED) is 0.391. The number of carbonyl (C=O) groups is 1. The fourth-order valence-corrected chi connectivity index (χ4v) is 6.60. The van der Waals surface area contributed by atoms with E-state index in [1.165, 1.54) is 21.6 Å². The Morgan fingerprint density at radius 1 is 1.00 bits per heavy atom. The molecule has 0 atom stereocenters. The van der Waals surface area contributed by atoms with Crippen LogP contribution in [0.4, 0.5) is 5.69 Å². The molecule has 0 saturated heterocycles. The number of carboxylic acid groups (broad SMARTS) is 1. The second kappa shape index (κ2) is 8.71. The van der Waals surface area contributed by atoms with Gasteiger partial charge in [0, 0.05) is 22.2 Å². The molecule has 1 spiro atoms. The summed E-state index contributed by atoms with van der Waals surface area (Å²) < 4.78 is 2.48. The first-order chi connectivity index (χ1) is 15.9. The first-order valence-corrected chi connectivity index (χ1v) is 12.4. The Morgan fingerprint density at radius 3 is 2.42 bits per heavy atom. The molecule has 2 N–H and O–H groups in total. The van der Waals surface area contributed by atoms with Crippen molar-refractivity contribution in [2.24, 2.45) is 0 Å². The smallest absolute Gasteiger partial charge is 0.329 e. The molecule has 0 bridgehead atoms. The van der Waals surface area contributed by atoms with Gasteiger partial charge in [0.15, 0.2) is 0 Å². The highest BCUT2D eigenvalue weighted by atomic mass is 35.5. The van der Waals surface area contributed by atoms with Gasteiger partial charge in [-0.2, -0.15) is 0 Å². The summed E-state index contributed by atoms with van der Waals surface area (Å²) in [6.45, 7) is 2.96. The van der Waals surface area contributed by atoms with Gasteiger partial charge in [0.1, 0.15) is 5.54 Å². The number of carboxylic acids is 1. The van der Waals surface area contributed by atoms with E-state index in [0.717, 1.165) is 25.1 Å². The van der Waals surface area contributed by atoms with Gasteiger partial charge < -0.3 is 10.4 Å². The fraction of sp³-hybridized carbons (Fsp3) is 0.296. The van der Waals surface area contributed by atoms with E-state index in [1.807, 2.05) is 12.1 Å². The van der Waals surface area contributed by atoms with Crippen LogP contribution < -0.4 is 5.32 Å². The molecule has 3 aromatic rings. The molecule has 0 radical (unpaired) electrons. The Hall–Kier alpha value is -2.47. The van der Waals surface area contributed by atoms with E-state index in [2.05, 4.69) is 65.1 Å². The Balaban J connectivity index is 1.45. The van der Waals surface area contributed by atoms with Crippen molar-refractivity contribution in [3.8, 4) is 0 Å². The summed E-state index contributed by atoms with van der Waals surface area (Å²) in [4.78, 5) is 13.7. The SMILES string of the molecule is Cc1ccc(SN2Cc3ccccc3C23CCC(Nc2cccc(Cl)c2)(C(=O)O)CC3)cc1. The lowest BCUT2D eigenvalue weighted by atomic mass is 9.69. The van der Waals surface area contributed by atoms with Crippen LogP contribution in [0.5, 0.6) is 0 Å². The van der Waals surface area contributed by atoms with Gasteiger partial charge in [-0.3, -0.25) is 0 Å². The van der Waals surface area contributed by atoms with Crippen LogP contribution in [-0.4, -0.2) is 20.9 Å². The topological polar surface area (TPSA) is 52.6 Å². The number of hydrogen-bond donors (Lipinski definition) is 2. The zero-order valence-electron chi connectivity index (χ0n) is 18.6. The summed E-state index contributed by atoms with van der Waals surface area (Å²) >= 11 is 7.94. The third-order valence-corrected chi connectivity index (χ3v) is 8.51. The zero-order valence-corrected chi connectivity index (χ0v) is 20.1. The van der Waals surface area contributed by atoms with Gasteiger partial charge in [-0.25, -0.2) is 9.10 Å². The molecule has 170 valence electrons. The number of aryl methyl sites for hydroxylation is 1. The van der Waals surface area contributed by atoms with Crippen LogP contribution in [0, 0.1) is 6.92 Å². The van der Waals surface area contributed by atoms with Crippen LogP contribution in [-0.2, 0) is 16.9 Å². The molecule has 5 rings (SSSR count). The fourth-order valence-electron chi connectivity index (χ4n) is 5.24. The minimum atomic E-state index is -1.01. The normalized spacial score (nSPS) is 24.5. The molecule has 1 saturated carbocycles. The summed E-state index contributed by atoms with van der Waals surface area (Å²) in [5, 5.41) is 14.2. The highest BCUT2D eigenvalue weighted by Crippen LogP contribution is 2.55. The van der Waals surface area contributed by atoms with Crippen LogP contribution >= 0.6 is 23.5 Å². The number of anilines is 1. The molecule has 6 heteroatoms. The van der Waals surface area contributed by atoms with Gasteiger partial charge in [-0.1, -0.05) is 59.6 Å². The Morgan fingerprint density at radius 2 is 1.73 bits per heavy atom. The van der Waals surface area contributed by atoms with E-state index in [4.69, 9.17) is 11.6 Å². The maximum atomic E-state index is 12.5. The zero-order chi connectivity index (χ0) is 23.1. The molecular formula is C27H27ClN2O2S. The second-order valence-corrected chi connectivity index (χ2v) is 10.7. The third kappa shape index (κ3) is 4.14. The highest BCUT2D eigenvalue weighted by Gasteiger charge is 2.53. The van der Waals surface area contributed by atoms with Crippen molar-refractivity contribution >= 4 is 35.2 Å². The molecule has 0 aromatic heterocycles.